The molecule has 6 heteroatoms. The molecule has 0 bridgehead atoms. The summed E-state index contributed by atoms with van der Waals surface area (Å²) in [6, 6.07) is 0. The van der Waals surface area contributed by atoms with E-state index in [1.54, 1.807) is 12.5 Å². The van der Waals surface area contributed by atoms with Gasteiger partial charge in [-0.2, -0.15) is 0 Å². The first-order chi connectivity index (χ1) is 9.15. The Labute approximate surface area is 113 Å². The molecule has 0 atom stereocenters. The van der Waals surface area contributed by atoms with E-state index in [0.717, 1.165) is 16.0 Å². The third-order valence-electron chi connectivity index (χ3n) is 3.00. The van der Waals surface area contributed by atoms with Crippen LogP contribution in [0.1, 0.15) is 36.7 Å². The van der Waals surface area contributed by atoms with Gasteiger partial charge in [0, 0.05) is 12.0 Å². The van der Waals surface area contributed by atoms with Crippen LogP contribution >= 0.6 is 11.3 Å². The van der Waals surface area contributed by atoms with E-state index in [9.17, 15) is 4.79 Å². The number of H-pyrrole nitrogens is 1. The van der Waals surface area contributed by atoms with Crippen LogP contribution in [0.25, 0.3) is 10.2 Å². The second kappa shape index (κ2) is 4.62. The largest absolute Gasteiger partial charge is 0.364 e. The molecular formula is C13H13N3O2S. The lowest BCUT2D eigenvalue weighted by atomic mass is 10.0. The van der Waals surface area contributed by atoms with Crippen molar-refractivity contribution < 1.29 is 4.52 Å². The second-order valence-corrected chi connectivity index (χ2v) is 5.61. The Balaban J connectivity index is 2.08. The Morgan fingerprint density at radius 1 is 1.47 bits per heavy atom. The van der Waals surface area contributed by atoms with Crippen LogP contribution in [0.5, 0.6) is 0 Å². The van der Waals surface area contributed by atoms with Crippen molar-refractivity contribution in [1.82, 2.24) is 15.1 Å². The molecule has 0 amide bonds. The topological polar surface area (TPSA) is 71.8 Å². The molecule has 98 valence electrons. The molecule has 0 fully saturated rings. The van der Waals surface area contributed by atoms with Gasteiger partial charge in [0.15, 0.2) is 0 Å². The molecular weight excluding hydrogens is 262 g/mol. The molecule has 0 unspecified atom stereocenters. The fourth-order valence-electron chi connectivity index (χ4n) is 2.03. The van der Waals surface area contributed by atoms with Crippen LogP contribution in [-0.4, -0.2) is 15.1 Å². The second-order valence-electron chi connectivity index (χ2n) is 4.75. The highest BCUT2D eigenvalue weighted by atomic mass is 32.1. The predicted molar refractivity (Wildman–Crippen MR) is 73.6 cm³/mol. The summed E-state index contributed by atoms with van der Waals surface area (Å²) in [5.41, 5.74) is 1.88. The van der Waals surface area contributed by atoms with Gasteiger partial charge in [-0.3, -0.25) is 4.79 Å². The maximum Gasteiger partial charge on any atom is 0.259 e. The molecule has 0 radical (unpaired) electrons. The summed E-state index contributed by atoms with van der Waals surface area (Å²) in [5.74, 6) is 0.957. The van der Waals surface area contributed by atoms with Gasteiger partial charge in [0.2, 0.25) is 0 Å². The normalized spacial score (nSPS) is 11.5. The van der Waals surface area contributed by atoms with Crippen molar-refractivity contribution in [2.24, 2.45) is 0 Å². The summed E-state index contributed by atoms with van der Waals surface area (Å²) < 4.78 is 4.77. The van der Waals surface area contributed by atoms with Gasteiger partial charge in [0.1, 0.15) is 16.9 Å². The summed E-state index contributed by atoms with van der Waals surface area (Å²) in [4.78, 5) is 20.3. The van der Waals surface area contributed by atoms with Crippen LogP contribution in [-0.2, 0) is 6.42 Å². The summed E-state index contributed by atoms with van der Waals surface area (Å²) >= 11 is 1.51. The Morgan fingerprint density at radius 2 is 2.32 bits per heavy atom. The van der Waals surface area contributed by atoms with Crippen LogP contribution in [0.15, 0.2) is 27.2 Å². The molecule has 0 saturated heterocycles. The zero-order valence-electron chi connectivity index (χ0n) is 10.6. The van der Waals surface area contributed by atoms with Gasteiger partial charge in [0.25, 0.3) is 5.56 Å². The number of hydrogen-bond acceptors (Lipinski definition) is 5. The minimum atomic E-state index is -0.0681. The van der Waals surface area contributed by atoms with Gasteiger partial charge in [0.05, 0.1) is 11.6 Å². The van der Waals surface area contributed by atoms with Crippen molar-refractivity contribution in [3.05, 3.63) is 45.1 Å². The highest BCUT2D eigenvalue weighted by Crippen LogP contribution is 2.27. The molecule has 1 N–H and O–H groups in total. The van der Waals surface area contributed by atoms with Crippen molar-refractivity contribution >= 4 is 21.6 Å². The number of hydrogen-bond donors (Lipinski definition) is 1. The molecule has 19 heavy (non-hydrogen) atoms. The molecule has 0 aliphatic carbocycles. The van der Waals surface area contributed by atoms with Gasteiger partial charge in [-0.25, -0.2) is 4.98 Å². The van der Waals surface area contributed by atoms with E-state index < -0.39 is 0 Å². The number of rotatable bonds is 3. The van der Waals surface area contributed by atoms with Crippen molar-refractivity contribution in [2.45, 2.75) is 26.2 Å². The van der Waals surface area contributed by atoms with E-state index in [1.807, 2.05) is 5.38 Å². The summed E-state index contributed by atoms with van der Waals surface area (Å²) in [5, 5.41) is 6.37. The molecule has 0 spiro atoms. The molecule has 3 aromatic rings. The number of thiophene rings is 1. The maximum absolute atomic E-state index is 12.2. The summed E-state index contributed by atoms with van der Waals surface area (Å²) in [6.45, 7) is 4.15. The van der Waals surface area contributed by atoms with Gasteiger partial charge >= 0.3 is 0 Å². The highest BCUT2D eigenvalue weighted by Gasteiger charge is 2.13. The van der Waals surface area contributed by atoms with E-state index >= 15 is 0 Å². The first-order valence-corrected chi connectivity index (χ1v) is 6.91. The lowest BCUT2D eigenvalue weighted by molar-refractivity contribution is 0.419. The average molecular weight is 275 g/mol. The van der Waals surface area contributed by atoms with Crippen LogP contribution in [0.2, 0.25) is 0 Å². The van der Waals surface area contributed by atoms with Crippen molar-refractivity contribution in [3.63, 3.8) is 0 Å². The van der Waals surface area contributed by atoms with E-state index in [1.165, 1.54) is 11.3 Å². The standard InChI is InChI=1S/C13H13N3O2S/c1-7(2)9-6-19-13-11(9)12(17)15-10(16-13)3-8-4-14-18-5-8/h4-7H,3H2,1-2H3,(H,15,16,17). The Hall–Kier alpha value is -1.95. The molecule has 3 heterocycles. The highest BCUT2D eigenvalue weighted by molar-refractivity contribution is 7.16. The maximum atomic E-state index is 12.2. The van der Waals surface area contributed by atoms with Crippen LogP contribution in [0.4, 0.5) is 0 Å². The molecule has 5 nitrogen and oxygen atoms in total. The zero-order chi connectivity index (χ0) is 13.4. The number of aromatic amines is 1. The zero-order valence-corrected chi connectivity index (χ0v) is 11.5. The molecule has 0 aliphatic rings. The van der Waals surface area contributed by atoms with Crippen molar-refractivity contribution in [3.8, 4) is 0 Å². The third kappa shape index (κ3) is 2.19. The number of fused-ring (bicyclic) bond motifs is 1. The van der Waals surface area contributed by atoms with Gasteiger partial charge in [-0.15, -0.1) is 11.3 Å². The SMILES string of the molecule is CC(C)c1csc2nc(Cc3cnoc3)[nH]c(=O)c12. The predicted octanol–water partition coefficient (Wildman–Crippen LogP) is 2.69. The first-order valence-electron chi connectivity index (χ1n) is 6.03. The summed E-state index contributed by atoms with van der Waals surface area (Å²) in [7, 11) is 0. The van der Waals surface area contributed by atoms with E-state index in [0.29, 0.717) is 23.5 Å². The number of nitrogens with zero attached hydrogens (tertiary/aromatic N) is 2. The Bertz CT molecular complexity index is 756. The fraction of sp³-hybridized carbons (Fsp3) is 0.308. The average Bonchev–Trinajstić information content (AvgIpc) is 2.97. The van der Waals surface area contributed by atoms with E-state index in [4.69, 9.17) is 4.52 Å². The van der Waals surface area contributed by atoms with Crippen LogP contribution < -0.4 is 5.56 Å². The molecule has 0 aromatic carbocycles. The molecule has 3 aromatic heterocycles. The Kier molecular flexibility index (Phi) is 2.94. The lowest BCUT2D eigenvalue weighted by Crippen LogP contribution is -2.12. The fourth-order valence-corrected chi connectivity index (χ4v) is 3.15. The quantitative estimate of drug-likeness (QED) is 0.797. The van der Waals surface area contributed by atoms with Gasteiger partial charge < -0.3 is 9.51 Å². The van der Waals surface area contributed by atoms with Gasteiger partial charge in [-0.05, 0) is 16.9 Å². The molecule has 3 rings (SSSR count). The lowest BCUT2D eigenvalue weighted by Gasteiger charge is -2.02. The number of aromatic nitrogens is 3. The third-order valence-corrected chi connectivity index (χ3v) is 3.89. The minimum absolute atomic E-state index is 0.0681. The molecule has 0 aliphatic heterocycles. The number of nitrogens with one attached hydrogen (secondary N) is 1. The van der Waals surface area contributed by atoms with E-state index in [-0.39, 0.29) is 5.56 Å². The first kappa shape index (κ1) is 12.1. The smallest absolute Gasteiger partial charge is 0.259 e. The summed E-state index contributed by atoms with van der Waals surface area (Å²) in [6.07, 6.45) is 3.69. The van der Waals surface area contributed by atoms with Crippen LogP contribution in [0.3, 0.4) is 0 Å². The van der Waals surface area contributed by atoms with Gasteiger partial charge in [-0.1, -0.05) is 19.0 Å². The monoisotopic (exact) mass is 275 g/mol. The minimum Gasteiger partial charge on any atom is -0.364 e. The van der Waals surface area contributed by atoms with E-state index in [2.05, 4.69) is 29.0 Å². The van der Waals surface area contributed by atoms with Crippen LogP contribution in [0, 0.1) is 0 Å². The molecule has 0 saturated carbocycles. The Morgan fingerprint density at radius 3 is 3.00 bits per heavy atom. The van der Waals surface area contributed by atoms with Crippen molar-refractivity contribution in [1.29, 1.82) is 0 Å². The van der Waals surface area contributed by atoms with Crippen molar-refractivity contribution in [2.75, 3.05) is 0 Å².